The molecule has 0 unspecified atom stereocenters. The molecule has 25 heavy (non-hydrogen) atoms. The van der Waals surface area contributed by atoms with Crippen molar-refractivity contribution in [2.45, 2.75) is 13.5 Å². The van der Waals surface area contributed by atoms with Gasteiger partial charge in [0.2, 0.25) is 5.95 Å². The summed E-state index contributed by atoms with van der Waals surface area (Å²) < 4.78 is 0. The van der Waals surface area contributed by atoms with Gasteiger partial charge in [-0.2, -0.15) is 0 Å². The number of pyridine rings is 1. The maximum absolute atomic E-state index is 12.1. The van der Waals surface area contributed by atoms with Crippen LogP contribution < -0.4 is 16.4 Å². The van der Waals surface area contributed by atoms with Crippen LogP contribution in [0.15, 0.2) is 55.1 Å². The molecule has 4 N–H and O–H groups in total. The van der Waals surface area contributed by atoms with Crippen LogP contribution >= 0.6 is 0 Å². The van der Waals surface area contributed by atoms with Crippen LogP contribution in [0.4, 0.5) is 16.4 Å². The van der Waals surface area contributed by atoms with Crippen molar-refractivity contribution in [2.24, 2.45) is 0 Å². The van der Waals surface area contributed by atoms with Crippen molar-refractivity contribution >= 4 is 17.7 Å². The van der Waals surface area contributed by atoms with Crippen LogP contribution in [0.3, 0.4) is 0 Å². The average Bonchev–Trinajstić information content (AvgIpc) is 2.62. The zero-order chi connectivity index (χ0) is 17.6. The highest BCUT2D eigenvalue weighted by Crippen LogP contribution is 2.20. The minimum absolute atomic E-state index is 0.210. The van der Waals surface area contributed by atoms with Gasteiger partial charge in [-0.1, -0.05) is 24.3 Å². The fourth-order valence-corrected chi connectivity index (χ4v) is 2.31. The molecule has 0 aliphatic rings. The number of rotatable bonds is 4. The summed E-state index contributed by atoms with van der Waals surface area (Å²) in [5.41, 5.74) is 9.83. The number of anilines is 2. The molecule has 0 fully saturated rings. The Bertz CT molecular complexity index is 879. The zero-order valence-electron chi connectivity index (χ0n) is 13.7. The predicted molar refractivity (Wildman–Crippen MR) is 96.7 cm³/mol. The Morgan fingerprint density at radius 3 is 2.60 bits per heavy atom. The van der Waals surface area contributed by atoms with Crippen LogP contribution in [0, 0.1) is 6.92 Å². The number of carbonyl (C=O) groups is 1. The summed E-state index contributed by atoms with van der Waals surface area (Å²) in [5, 5.41) is 5.61. The molecular weight excluding hydrogens is 316 g/mol. The number of aryl methyl sites for hydroxylation is 1. The van der Waals surface area contributed by atoms with Crippen LogP contribution in [0.25, 0.3) is 11.1 Å². The maximum Gasteiger partial charge on any atom is 0.319 e. The van der Waals surface area contributed by atoms with Gasteiger partial charge in [-0.05, 0) is 24.1 Å². The minimum atomic E-state index is -0.296. The Labute approximate surface area is 145 Å². The predicted octanol–water partition coefficient (Wildman–Crippen LogP) is 2.75. The van der Waals surface area contributed by atoms with E-state index < -0.39 is 0 Å². The summed E-state index contributed by atoms with van der Waals surface area (Å²) in [6.07, 6.45) is 6.48. The summed E-state index contributed by atoms with van der Waals surface area (Å²) in [6.45, 7) is 2.47. The van der Waals surface area contributed by atoms with Gasteiger partial charge in [0.25, 0.3) is 0 Å². The molecule has 3 aromatic rings. The molecule has 7 heteroatoms. The lowest BCUT2D eigenvalue weighted by molar-refractivity contribution is 0.251. The molecule has 2 amide bonds. The molecule has 0 spiro atoms. The van der Waals surface area contributed by atoms with Crippen LogP contribution in [0.5, 0.6) is 0 Å². The first-order valence-corrected chi connectivity index (χ1v) is 7.74. The summed E-state index contributed by atoms with van der Waals surface area (Å²) >= 11 is 0. The molecular formula is C18H18N6O. The first kappa shape index (κ1) is 16.4. The average molecular weight is 334 g/mol. The summed E-state index contributed by atoms with van der Waals surface area (Å²) in [4.78, 5) is 24.2. The van der Waals surface area contributed by atoms with E-state index in [0.717, 1.165) is 22.3 Å². The van der Waals surface area contributed by atoms with Gasteiger partial charge in [0, 0.05) is 36.3 Å². The van der Waals surface area contributed by atoms with E-state index in [4.69, 9.17) is 5.73 Å². The number of amides is 2. The molecule has 0 saturated heterocycles. The van der Waals surface area contributed by atoms with Crippen LogP contribution in [0.2, 0.25) is 0 Å². The molecule has 7 nitrogen and oxygen atoms in total. The molecule has 0 saturated carbocycles. The first-order valence-electron chi connectivity index (χ1n) is 7.74. The van der Waals surface area contributed by atoms with E-state index in [0.29, 0.717) is 12.2 Å². The monoisotopic (exact) mass is 334 g/mol. The van der Waals surface area contributed by atoms with Gasteiger partial charge in [0.05, 0.1) is 11.9 Å². The Hall–Kier alpha value is -3.48. The quantitative estimate of drug-likeness (QED) is 0.680. The number of nitrogens with one attached hydrogen (secondary N) is 2. The molecule has 0 aliphatic carbocycles. The summed E-state index contributed by atoms with van der Waals surface area (Å²) in [5.74, 6) is 0.210. The first-order chi connectivity index (χ1) is 12.1. The highest BCUT2D eigenvalue weighted by molar-refractivity contribution is 5.89. The molecule has 2 heterocycles. The Balaban J connectivity index is 1.64. The number of nitrogen functional groups attached to an aromatic ring is 1. The molecule has 0 radical (unpaired) electrons. The van der Waals surface area contributed by atoms with E-state index >= 15 is 0 Å². The normalized spacial score (nSPS) is 10.3. The molecule has 0 bridgehead atoms. The highest BCUT2D eigenvalue weighted by Gasteiger charge is 2.06. The number of hydrogen-bond donors (Lipinski definition) is 3. The van der Waals surface area contributed by atoms with Crippen LogP contribution in [0.1, 0.15) is 11.1 Å². The van der Waals surface area contributed by atoms with Gasteiger partial charge in [0.1, 0.15) is 0 Å². The third-order valence-electron chi connectivity index (χ3n) is 3.70. The lowest BCUT2D eigenvalue weighted by atomic mass is 10.1. The molecule has 0 atom stereocenters. The van der Waals surface area contributed by atoms with Crippen molar-refractivity contribution in [3.05, 3.63) is 66.2 Å². The zero-order valence-corrected chi connectivity index (χ0v) is 13.7. The van der Waals surface area contributed by atoms with Crippen LogP contribution in [-0.2, 0) is 6.54 Å². The fraction of sp³-hybridized carbons (Fsp3) is 0.111. The van der Waals surface area contributed by atoms with Gasteiger partial charge in [-0.15, -0.1) is 0 Å². The van der Waals surface area contributed by atoms with E-state index in [-0.39, 0.29) is 12.0 Å². The van der Waals surface area contributed by atoms with Crippen molar-refractivity contribution in [1.29, 1.82) is 0 Å². The second kappa shape index (κ2) is 7.39. The van der Waals surface area contributed by atoms with Gasteiger partial charge in [0.15, 0.2) is 0 Å². The topological polar surface area (TPSA) is 106 Å². The Morgan fingerprint density at radius 2 is 1.84 bits per heavy atom. The third kappa shape index (κ3) is 4.29. The number of nitrogens with zero attached hydrogens (tertiary/aromatic N) is 3. The van der Waals surface area contributed by atoms with Crippen molar-refractivity contribution in [2.75, 3.05) is 11.1 Å². The molecule has 2 aromatic heterocycles. The largest absolute Gasteiger partial charge is 0.368 e. The van der Waals surface area contributed by atoms with E-state index in [1.165, 1.54) is 0 Å². The molecule has 3 rings (SSSR count). The minimum Gasteiger partial charge on any atom is -0.368 e. The van der Waals surface area contributed by atoms with E-state index in [2.05, 4.69) is 25.6 Å². The number of urea groups is 1. The second-order valence-electron chi connectivity index (χ2n) is 5.53. The Kier molecular flexibility index (Phi) is 4.84. The highest BCUT2D eigenvalue weighted by atomic mass is 16.2. The van der Waals surface area contributed by atoms with E-state index in [9.17, 15) is 4.79 Å². The van der Waals surface area contributed by atoms with Gasteiger partial charge in [-0.3, -0.25) is 4.98 Å². The molecule has 0 aliphatic heterocycles. The third-order valence-corrected chi connectivity index (χ3v) is 3.70. The maximum atomic E-state index is 12.1. The lowest BCUT2D eigenvalue weighted by Crippen LogP contribution is -2.28. The fourth-order valence-electron chi connectivity index (χ4n) is 2.31. The van der Waals surface area contributed by atoms with Gasteiger partial charge in [-0.25, -0.2) is 14.8 Å². The van der Waals surface area contributed by atoms with Crippen LogP contribution in [-0.4, -0.2) is 21.0 Å². The van der Waals surface area contributed by atoms with Crippen molar-refractivity contribution in [3.8, 4) is 11.1 Å². The van der Waals surface area contributed by atoms with Crippen molar-refractivity contribution < 1.29 is 4.79 Å². The molecule has 1 aromatic carbocycles. The molecule has 126 valence electrons. The van der Waals surface area contributed by atoms with Gasteiger partial charge >= 0.3 is 6.03 Å². The number of nitrogens with two attached hydrogens (primary N) is 1. The number of aromatic nitrogens is 3. The smallest absolute Gasteiger partial charge is 0.319 e. The second-order valence-corrected chi connectivity index (χ2v) is 5.53. The number of benzene rings is 1. The number of hydrogen-bond acceptors (Lipinski definition) is 5. The SMILES string of the molecule is Cc1ccccc1CNC(=O)Nc1cncc(-c2cnc(N)nc2)c1. The van der Waals surface area contributed by atoms with Crippen molar-refractivity contribution in [1.82, 2.24) is 20.3 Å². The Morgan fingerprint density at radius 1 is 1.08 bits per heavy atom. The summed E-state index contributed by atoms with van der Waals surface area (Å²) in [6, 6.07) is 9.42. The summed E-state index contributed by atoms with van der Waals surface area (Å²) in [7, 11) is 0. The lowest BCUT2D eigenvalue weighted by Gasteiger charge is -2.10. The number of carbonyl (C=O) groups excluding carboxylic acids is 1. The van der Waals surface area contributed by atoms with E-state index in [1.807, 2.05) is 31.2 Å². The van der Waals surface area contributed by atoms with Gasteiger partial charge < -0.3 is 16.4 Å². The van der Waals surface area contributed by atoms with Crippen molar-refractivity contribution in [3.63, 3.8) is 0 Å². The standard InChI is InChI=1S/C18H18N6O/c1-12-4-2-3-5-13(12)8-23-18(25)24-16-6-14(7-20-11-16)15-9-21-17(19)22-10-15/h2-7,9-11H,8H2,1H3,(H2,19,21,22)(H2,23,24,25). The van der Waals surface area contributed by atoms with E-state index in [1.54, 1.807) is 30.9 Å².